The number of nitrogens with two attached hydrogens (primary N) is 2. The summed E-state index contributed by atoms with van der Waals surface area (Å²) < 4.78 is 1.64. The lowest BCUT2D eigenvalue weighted by atomic mass is 10.2. The van der Waals surface area contributed by atoms with Gasteiger partial charge in [-0.15, -0.1) is 10.2 Å². The molecule has 1 heterocycles. The molecule has 2 rings (SSSR count). The molecule has 0 saturated heterocycles. The lowest BCUT2D eigenvalue weighted by Gasteiger charge is -1.99. The quantitative estimate of drug-likeness (QED) is 0.556. The number of hydrogen-bond acceptors (Lipinski definition) is 4. The van der Waals surface area contributed by atoms with Crippen molar-refractivity contribution < 1.29 is 0 Å². The molecule has 7 heteroatoms. The molecule has 5 nitrogen and oxygen atoms in total. The van der Waals surface area contributed by atoms with Gasteiger partial charge in [-0.1, -0.05) is 0 Å². The highest BCUT2D eigenvalue weighted by Crippen LogP contribution is 2.31. The van der Waals surface area contributed by atoms with Gasteiger partial charge in [0.05, 0.1) is 14.8 Å². The van der Waals surface area contributed by atoms with Crippen LogP contribution in [0.15, 0.2) is 43.6 Å². The highest BCUT2D eigenvalue weighted by molar-refractivity contribution is 9.11. The van der Waals surface area contributed by atoms with Gasteiger partial charge in [0.15, 0.2) is 5.82 Å². The maximum atomic E-state index is 5.76. The summed E-state index contributed by atoms with van der Waals surface area (Å²) in [5.74, 6) is 0.619. The van der Waals surface area contributed by atoms with Gasteiger partial charge in [0.1, 0.15) is 5.69 Å². The zero-order valence-electron chi connectivity index (χ0n) is 8.61. The molecule has 0 fully saturated rings. The predicted octanol–water partition coefficient (Wildman–Crippen LogP) is 4.12. The van der Waals surface area contributed by atoms with Crippen molar-refractivity contribution in [1.29, 1.82) is 0 Å². The molecule has 1 aromatic heterocycles. The van der Waals surface area contributed by atoms with E-state index in [4.69, 9.17) is 11.5 Å². The van der Waals surface area contributed by atoms with Crippen molar-refractivity contribution in [2.75, 3.05) is 11.5 Å². The molecule has 0 atom stereocenters. The Balaban J connectivity index is 2.29. The molecule has 0 aliphatic heterocycles. The second-order valence-corrected chi connectivity index (χ2v) is 5.04. The van der Waals surface area contributed by atoms with Crippen LogP contribution in [-0.2, 0) is 0 Å². The Hall–Kier alpha value is -1.34. The van der Waals surface area contributed by atoms with Crippen LogP contribution in [-0.4, -0.2) is 4.98 Å². The molecule has 0 amide bonds. The third-order valence-electron chi connectivity index (χ3n) is 2.03. The number of anilines is 2. The molecular weight excluding hydrogens is 350 g/mol. The Morgan fingerprint density at radius 3 is 2.41 bits per heavy atom. The summed E-state index contributed by atoms with van der Waals surface area (Å²) in [5.41, 5.74) is 13.0. The molecule has 0 aliphatic carbocycles. The Labute approximate surface area is 115 Å². The molecule has 1 aromatic carbocycles. The molecule has 0 radical (unpaired) electrons. The van der Waals surface area contributed by atoms with E-state index in [9.17, 15) is 0 Å². The lowest BCUT2D eigenvalue weighted by Crippen LogP contribution is -1.89. The van der Waals surface area contributed by atoms with Gasteiger partial charge < -0.3 is 16.5 Å². The maximum absolute atomic E-state index is 5.76. The summed E-state index contributed by atoms with van der Waals surface area (Å²) in [7, 11) is 0. The van der Waals surface area contributed by atoms with Crippen LogP contribution >= 0.6 is 31.9 Å². The van der Waals surface area contributed by atoms with Gasteiger partial charge in [-0.2, -0.15) is 0 Å². The normalized spacial score (nSPS) is 11.2. The van der Waals surface area contributed by atoms with E-state index in [1.165, 1.54) is 0 Å². The zero-order chi connectivity index (χ0) is 12.4. The number of aromatic amines is 1. The smallest absolute Gasteiger partial charge is 0.167 e. The summed E-state index contributed by atoms with van der Waals surface area (Å²) in [5, 5.41) is 8.11. The molecule has 0 saturated carbocycles. The summed E-state index contributed by atoms with van der Waals surface area (Å²) in [6, 6.07) is 6.94. The summed E-state index contributed by atoms with van der Waals surface area (Å²) in [6.07, 6.45) is 0. The molecule has 88 valence electrons. The molecular formula is C10H9Br2N5. The lowest BCUT2D eigenvalue weighted by molar-refractivity contribution is 1.17. The first-order valence-electron chi connectivity index (χ1n) is 4.67. The molecule has 0 bridgehead atoms. The first-order valence-corrected chi connectivity index (χ1v) is 6.25. The van der Waals surface area contributed by atoms with Crippen LogP contribution in [0, 0.1) is 0 Å². The largest absolute Gasteiger partial charge is 0.399 e. The number of nitrogens with zero attached hydrogens (tertiary/aromatic N) is 2. The molecule has 0 spiro atoms. The minimum Gasteiger partial charge on any atom is -0.399 e. The molecule has 0 aliphatic rings. The van der Waals surface area contributed by atoms with E-state index in [1.54, 1.807) is 18.2 Å². The van der Waals surface area contributed by atoms with Gasteiger partial charge in [-0.25, -0.2) is 0 Å². The van der Waals surface area contributed by atoms with E-state index in [1.807, 2.05) is 6.07 Å². The first-order chi connectivity index (χ1) is 8.06. The number of azo groups is 1. The third kappa shape index (κ3) is 2.86. The Morgan fingerprint density at radius 1 is 1.06 bits per heavy atom. The fourth-order valence-electron chi connectivity index (χ4n) is 1.23. The van der Waals surface area contributed by atoms with Gasteiger partial charge in [-0.3, -0.25) is 0 Å². The highest BCUT2D eigenvalue weighted by Gasteiger charge is 2.03. The number of aromatic nitrogens is 1. The first kappa shape index (κ1) is 12.1. The van der Waals surface area contributed by atoms with Crippen LogP contribution in [0.1, 0.15) is 0 Å². The number of H-pyrrole nitrogens is 1. The van der Waals surface area contributed by atoms with E-state index in [0.717, 1.165) is 9.08 Å². The minimum absolute atomic E-state index is 0.496. The van der Waals surface area contributed by atoms with E-state index in [0.29, 0.717) is 22.9 Å². The average molecular weight is 359 g/mol. The maximum Gasteiger partial charge on any atom is 0.167 e. The van der Waals surface area contributed by atoms with Crippen LogP contribution < -0.4 is 11.5 Å². The fourth-order valence-corrected chi connectivity index (χ4v) is 2.36. The van der Waals surface area contributed by atoms with Gasteiger partial charge in [0.2, 0.25) is 0 Å². The Kier molecular flexibility index (Phi) is 3.49. The minimum atomic E-state index is 0.496. The van der Waals surface area contributed by atoms with E-state index in [-0.39, 0.29) is 0 Å². The zero-order valence-corrected chi connectivity index (χ0v) is 11.8. The van der Waals surface area contributed by atoms with Crippen LogP contribution in [0.3, 0.4) is 0 Å². The van der Waals surface area contributed by atoms with Crippen molar-refractivity contribution >= 4 is 54.7 Å². The van der Waals surface area contributed by atoms with E-state index in [2.05, 4.69) is 47.1 Å². The Morgan fingerprint density at radius 2 is 1.82 bits per heavy atom. The number of nitrogen functional groups attached to an aromatic ring is 2. The molecule has 2 aromatic rings. The highest BCUT2D eigenvalue weighted by atomic mass is 79.9. The second kappa shape index (κ2) is 4.89. The van der Waals surface area contributed by atoms with Crippen molar-refractivity contribution in [3.05, 3.63) is 33.3 Å². The average Bonchev–Trinajstić information content (AvgIpc) is 2.56. The van der Waals surface area contributed by atoms with Crippen molar-refractivity contribution in [1.82, 2.24) is 4.98 Å². The summed E-state index contributed by atoms with van der Waals surface area (Å²) in [6.45, 7) is 0. The van der Waals surface area contributed by atoms with Crippen molar-refractivity contribution in [2.45, 2.75) is 0 Å². The number of benzene rings is 1. The van der Waals surface area contributed by atoms with Gasteiger partial charge >= 0.3 is 0 Å². The predicted molar refractivity (Wildman–Crippen MR) is 75.6 cm³/mol. The van der Waals surface area contributed by atoms with E-state index < -0.39 is 0 Å². The van der Waals surface area contributed by atoms with Crippen LogP contribution in [0.4, 0.5) is 22.9 Å². The standard InChI is InChI=1S/C10H9Br2N5/c11-6-4-9(12)15-10(6)17-16-8-2-1-5(13)3-7(8)14/h1-4,15H,13-14H2. The Bertz CT molecular complexity index is 576. The van der Waals surface area contributed by atoms with Crippen LogP contribution in [0.5, 0.6) is 0 Å². The molecule has 0 unspecified atom stereocenters. The summed E-state index contributed by atoms with van der Waals surface area (Å²) in [4.78, 5) is 2.99. The van der Waals surface area contributed by atoms with Crippen molar-refractivity contribution in [3.63, 3.8) is 0 Å². The molecule has 5 N–H and O–H groups in total. The SMILES string of the molecule is Nc1ccc(N=Nc2[nH]c(Br)cc2Br)c(N)c1. The van der Waals surface area contributed by atoms with Crippen LogP contribution in [0.25, 0.3) is 0 Å². The fraction of sp³-hybridized carbons (Fsp3) is 0. The summed E-state index contributed by atoms with van der Waals surface area (Å²) >= 11 is 6.66. The number of halogens is 2. The van der Waals surface area contributed by atoms with Crippen molar-refractivity contribution in [3.8, 4) is 0 Å². The van der Waals surface area contributed by atoms with Gasteiger partial charge in [0, 0.05) is 5.69 Å². The topological polar surface area (TPSA) is 92.5 Å². The van der Waals surface area contributed by atoms with Gasteiger partial charge in [-0.05, 0) is 56.1 Å². The van der Waals surface area contributed by atoms with Gasteiger partial charge in [0.25, 0.3) is 0 Å². The van der Waals surface area contributed by atoms with Crippen LogP contribution in [0.2, 0.25) is 0 Å². The molecule has 17 heavy (non-hydrogen) atoms. The van der Waals surface area contributed by atoms with Crippen molar-refractivity contribution in [2.24, 2.45) is 10.2 Å². The number of rotatable bonds is 2. The van der Waals surface area contributed by atoms with E-state index >= 15 is 0 Å². The number of hydrogen-bond donors (Lipinski definition) is 3. The second-order valence-electron chi connectivity index (χ2n) is 3.33. The number of nitrogens with one attached hydrogen (secondary N) is 1. The monoisotopic (exact) mass is 357 g/mol. The third-order valence-corrected chi connectivity index (χ3v) is 3.06.